The fourth-order valence-electron chi connectivity index (χ4n) is 4.01. The first-order chi connectivity index (χ1) is 18.3. The van der Waals surface area contributed by atoms with Crippen molar-refractivity contribution in [3.05, 3.63) is 90.2 Å². The number of hydrogen-bond acceptors (Lipinski definition) is 6. The van der Waals surface area contributed by atoms with Crippen LogP contribution in [0.3, 0.4) is 0 Å². The first-order valence-corrected chi connectivity index (χ1v) is 11.1. The molecule has 0 saturated carbocycles. The lowest BCUT2D eigenvalue weighted by molar-refractivity contribution is -0.137. The normalized spacial score (nSPS) is 11.9. The topological polar surface area (TPSA) is 98.3 Å². The number of aromatic amines is 1. The molecule has 38 heavy (non-hydrogen) atoms. The molecule has 0 unspecified atom stereocenters. The fourth-order valence-corrected chi connectivity index (χ4v) is 4.01. The number of H-pyrrole nitrogens is 1. The van der Waals surface area contributed by atoms with Gasteiger partial charge in [0.1, 0.15) is 23.6 Å². The van der Waals surface area contributed by atoms with Crippen LogP contribution in [0.1, 0.15) is 11.3 Å². The third kappa shape index (κ3) is 4.27. The second-order valence-electron chi connectivity index (χ2n) is 8.31. The van der Waals surface area contributed by atoms with E-state index in [2.05, 4.69) is 30.4 Å². The van der Waals surface area contributed by atoms with Gasteiger partial charge in [-0.05, 0) is 23.8 Å². The Labute approximate surface area is 210 Å². The van der Waals surface area contributed by atoms with Crippen LogP contribution in [0.4, 0.5) is 22.0 Å². The van der Waals surface area contributed by atoms with Gasteiger partial charge in [0.05, 0.1) is 29.7 Å². The Balaban J connectivity index is 1.29. The maximum Gasteiger partial charge on any atom is 0.417 e. The maximum absolute atomic E-state index is 14.2. The molecule has 2 aliphatic heterocycles. The van der Waals surface area contributed by atoms with E-state index >= 15 is 0 Å². The van der Waals surface area contributed by atoms with E-state index in [0.717, 1.165) is 12.1 Å². The minimum absolute atomic E-state index is 0.00273. The number of imidazole rings is 1. The molecule has 0 fully saturated rings. The largest absolute Gasteiger partial charge is 0.417 e. The number of nitrogens with one attached hydrogen (secondary N) is 1. The van der Waals surface area contributed by atoms with Crippen molar-refractivity contribution in [3.8, 4) is 45.2 Å². The van der Waals surface area contributed by atoms with E-state index in [4.69, 9.17) is 4.52 Å². The van der Waals surface area contributed by atoms with Crippen molar-refractivity contribution in [3.63, 3.8) is 0 Å². The fraction of sp³-hybridized carbons (Fsp3) is 0.0800. The second kappa shape index (κ2) is 8.87. The van der Waals surface area contributed by atoms with Gasteiger partial charge in [0, 0.05) is 23.4 Å². The molecular formula is C25H14F5N7O. The van der Waals surface area contributed by atoms with Crippen molar-refractivity contribution < 1.29 is 26.5 Å². The molecule has 0 radical (unpaired) electrons. The highest BCUT2D eigenvalue weighted by molar-refractivity contribution is 5.72. The molecule has 190 valence electrons. The van der Waals surface area contributed by atoms with Gasteiger partial charge in [-0.15, -0.1) is 0 Å². The highest BCUT2D eigenvalue weighted by Gasteiger charge is 2.35. The number of hydrogen-bond donors (Lipinski definition) is 1. The number of rotatable bonds is 5. The number of halogens is 5. The summed E-state index contributed by atoms with van der Waals surface area (Å²) in [6.45, 7) is 0.0217. The lowest BCUT2D eigenvalue weighted by Crippen LogP contribution is -2.07. The van der Waals surface area contributed by atoms with E-state index < -0.39 is 23.4 Å². The van der Waals surface area contributed by atoms with Crippen LogP contribution in [-0.2, 0) is 12.7 Å². The molecule has 0 atom stereocenters. The molecule has 0 aliphatic carbocycles. The van der Waals surface area contributed by atoms with Crippen molar-refractivity contribution in [1.29, 1.82) is 0 Å². The number of nitrogens with zero attached hydrogens (tertiary/aromatic N) is 6. The molecular weight excluding hydrogens is 509 g/mol. The molecule has 0 spiro atoms. The molecule has 2 aromatic heterocycles. The SMILES string of the molecule is Fc1cccc(-c2nc3cnn(Cc4cc(-c5ccc(-c6cn[nH]c6)cc5C(F)(F)F)no4)cc-3n2)c1F. The molecule has 8 nitrogen and oxygen atoms in total. The molecule has 0 amide bonds. The van der Waals surface area contributed by atoms with Gasteiger partial charge in [-0.1, -0.05) is 23.4 Å². The third-order valence-electron chi connectivity index (χ3n) is 5.82. The van der Waals surface area contributed by atoms with Crippen LogP contribution in [0.2, 0.25) is 0 Å². The predicted molar refractivity (Wildman–Crippen MR) is 123 cm³/mol. The van der Waals surface area contributed by atoms with Crippen LogP contribution in [0.15, 0.2) is 71.8 Å². The maximum atomic E-state index is 14.2. The zero-order valence-corrected chi connectivity index (χ0v) is 19.0. The van der Waals surface area contributed by atoms with Crippen LogP contribution >= 0.6 is 0 Å². The van der Waals surface area contributed by atoms with Crippen LogP contribution in [-0.4, -0.2) is 35.1 Å². The average Bonchev–Trinajstić information content (AvgIpc) is 3.66. The Morgan fingerprint density at radius 2 is 1.74 bits per heavy atom. The summed E-state index contributed by atoms with van der Waals surface area (Å²) >= 11 is 0. The summed E-state index contributed by atoms with van der Waals surface area (Å²) in [6.07, 6.45) is 1.19. The van der Waals surface area contributed by atoms with E-state index in [-0.39, 0.29) is 35.0 Å². The van der Waals surface area contributed by atoms with E-state index in [0.29, 0.717) is 22.5 Å². The Hall–Kier alpha value is -4.94. The van der Waals surface area contributed by atoms with E-state index in [1.165, 1.54) is 53.7 Å². The van der Waals surface area contributed by atoms with Crippen molar-refractivity contribution in [1.82, 2.24) is 35.1 Å². The Morgan fingerprint density at radius 1 is 0.895 bits per heavy atom. The molecule has 13 heteroatoms. The van der Waals surface area contributed by atoms with Gasteiger partial charge in [0.2, 0.25) is 0 Å². The molecule has 2 aromatic carbocycles. The first kappa shape index (κ1) is 23.5. The zero-order chi connectivity index (χ0) is 26.4. The van der Waals surface area contributed by atoms with Crippen LogP contribution in [0.5, 0.6) is 0 Å². The molecule has 0 bridgehead atoms. The summed E-state index contributed by atoms with van der Waals surface area (Å²) in [6, 6.07) is 9.01. The molecule has 4 heterocycles. The number of fused-ring (bicyclic) bond motifs is 1. The summed E-state index contributed by atoms with van der Waals surface area (Å²) in [5.74, 6) is -1.85. The zero-order valence-electron chi connectivity index (χ0n) is 19.0. The third-order valence-corrected chi connectivity index (χ3v) is 5.82. The minimum atomic E-state index is -4.63. The molecule has 2 aliphatic rings. The van der Waals surface area contributed by atoms with Crippen molar-refractivity contribution in [2.75, 3.05) is 0 Å². The highest BCUT2D eigenvalue weighted by Crippen LogP contribution is 2.39. The van der Waals surface area contributed by atoms with Crippen molar-refractivity contribution in [2.24, 2.45) is 0 Å². The van der Waals surface area contributed by atoms with Crippen LogP contribution < -0.4 is 0 Å². The van der Waals surface area contributed by atoms with Gasteiger partial charge in [0.15, 0.2) is 23.2 Å². The van der Waals surface area contributed by atoms with Gasteiger partial charge in [-0.3, -0.25) is 9.78 Å². The van der Waals surface area contributed by atoms with E-state index in [9.17, 15) is 22.0 Å². The van der Waals surface area contributed by atoms with E-state index in [1.54, 1.807) is 6.07 Å². The summed E-state index contributed by atoms with van der Waals surface area (Å²) in [7, 11) is 0. The molecule has 1 N–H and O–H groups in total. The van der Waals surface area contributed by atoms with Gasteiger partial charge in [0.25, 0.3) is 0 Å². The summed E-state index contributed by atoms with van der Waals surface area (Å²) in [4.78, 5) is 8.44. The van der Waals surface area contributed by atoms with E-state index in [1.807, 2.05) is 0 Å². The van der Waals surface area contributed by atoms with Crippen molar-refractivity contribution >= 4 is 0 Å². The predicted octanol–water partition coefficient (Wildman–Crippen LogP) is 5.84. The van der Waals surface area contributed by atoms with Gasteiger partial charge in [-0.2, -0.15) is 23.4 Å². The molecule has 0 saturated heterocycles. The number of aromatic nitrogens is 7. The number of alkyl halides is 3. The Bertz CT molecular complexity index is 1720. The Morgan fingerprint density at radius 3 is 2.53 bits per heavy atom. The van der Waals surface area contributed by atoms with Crippen LogP contribution in [0.25, 0.3) is 45.2 Å². The quantitative estimate of drug-likeness (QED) is 0.285. The molecule has 6 rings (SSSR count). The summed E-state index contributed by atoms with van der Waals surface area (Å²) in [5.41, 5.74) is 0.471. The lowest BCUT2D eigenvalue weighted by Gasteiger charge is -2.12. The van der Waals surface area contributed by atoms with Gasteiger partial charge in [-0.25, -0.2) is 18.7 Å². The smallest absolute Gasteiger partial charge is 0.359 e. The first-order valence-electron chi connectivity index (χ1n) is 11.1. The van der Waals surface area contributed by atoms with Crippen LogP contribution in [0, 0.1) is 11.6 Å². The lowest BCUT2D eigenvalue weighted by atomic mass is 9.98. The number of benzene rings is 2. The Kier molecular flexibility index (Phi) is 5.47. The average molecular weight is 523 g/mol. The van der Waals surface area contributed by atoms with Gasteiger partial charge >= 0.3 is 6.18 Å². The van der Waals surface area contributed by atoms with Crippen molar-refractivity contribution in [2.45, 2.75) is 12.7 Å². The van der Waals surface area contributed by atoms with Gasteiger partial charge < -0.3 is 4.52 Å². The summed E-state index contributed by atoms with van der Waals surface area (Å²) < 4.78 is 76.1. The standard InChI is InChI=1S/C25H14F5N7O/c26-19-3-1-2-17(23(19)27)24-34-21-10-33-37(12-22(21)35-24)11-15-7-20(36-38-15)16-5-4-13(14-8-31-32-9-14)6-18(16)25(28,29)30/h1-10,12H,11H2,(H,31,32). The highest BCUT2D eigenvalue weighted by atomic mass is 19.4. The summed E-state index contributed by atoms with van der Waals surface area (Å²) in [5, 5.41) is 14.4. The monoisotopic (exact) mass is 523 g/mol. The minimum Gasteiger partial charge on any atom is -0.359 e. The second-order valence-corrected chi connectivity index (χ2v) is 8.31. The molecule has 4 aromatic rings.